The van der Waals surface area contributed by atoms with E-state index < -0.39 is 0 Å². The van der Waals surface area contributed by atoms with E-state index in [0.717, 1.165) is 6.42 Å². The highest BCUT2D eigenvalue weighted by atomic mass is 16.6. The second kappa shape index (κ2) is 2.69. The molecule has 2 fully saturated rings. The third-order valence-electron chi connectivity index (χ3n) is 3.15. The van der Waals surface area contributed by atoms with Gasteiger partial charge in [-0.1, -0.05) is 13.0 Å². The highest BCUT2D eigenvalue weighted by Gasteiger charge is 2.54. The van der Waals surface area contributed by atoms with Gasteiger partial charge in [0.15, 0.2) is 0 Å². The highest BCUT2D eigenvalue weighted by Crippen LogP contribution is 2.46. The summed E-state index contributed by atoms with van der Waals surface area (Å²) in [7, 11) is 0. The number of carbonyl (C=O) groups is 2. The number of cyclic esters (lactones) is 2. The maximum absolute atomic E-state index is 11.3. The van der Waals surface area contributed by atoms with E-state index in [1.54, 1.807) is 6.08 Å². The van der Waals surface area contributed by atoms with Crippen molar-refractivity contribution >= 4 is 11.9 Å². The second-order valence-corrected chi connectivity index (χ2v) is 3.90. The Kier molecular flexibility index (Phi) is 1.75. The lowest BCUT2D eigenvalue weighted by molar-refractivity contribution is -0.154. The molecule has 13 heavy (non-hydrogen) atoms. The van der Waals surface area contributed by atoms with E-state index in [1.807, 2.05) is 6.92 Å². The molecular formula is C10H12O3. The van der Waals surface area contributed by atoms with Gasteiger partial charge in [0.1, 0.15) is 0 Å². The van der Waals surface area contributed by atoms with Crippen molar-refractivity contribution in [2.45, 2.75) is 13.3 Å². The number of hydrogen-bond acceptors (Lipinski definition) is 3. The minimum Gasteiger partial charge on any atom is -0.393 e. The molecule has 4 atom stereocenters. The molecule has 0 amide bonds. The van der Waals surface area contributed by atoms with Crippen molar-refractivity contribution in [1.82, 2.24) is 0 Å². The van der Waals surface area contributed by atoms with Crippen molar-refractivity contribution in [2.24, 2.45) is 23.7 Å². The molecule has 0 N–H and O–H groups in total. The lowest BCUT2D eigenvalue weighted by Crippen LogP contribution is -2.18. The third kappa shape index (κ3) is 1.03. The molecule has 0 aromatic heterocycles. The molecule has 2 rings (SSSR count). The number of carbonyl (C=O) groups excluding carboxylic acids is 2. The summed E-state index contributed by atoms with van der Waals surface area (Å²) in [5, 5.41) is 0. The molecule has 1 heterocycles. The van der Waals surface area contributed by atoms with Crippen LogP contribution in [0.5, 0.6) is 0 Å². The summed E-state index contributed by atoms with van der Waals surface area (Å²) >= 11 is 0. The molecule has 4 unspecified atom stereocenters. The number of fused-ring (bicyclic) bond motifs is 1. The quantitative estimate of drug-likeness (QED) is 0.345. The van der Waals surface area contributed by atoms with Crippen LogP contribution < -0.4 is 0 Å². The summed E-state index contributed by atoms with van der Waals surface area (Å²) in [6.07, 6.45) is 2.64. The van der Waals surface area contributed by atoms with Gasteiger partial charge in [-0.25, -0.2) is 0 Å². The van der Waals surface area contributed by atoms with Crippen LogP contribution in [0.2, 0.25) is 0 Å². The zero-order valence-corrected chi connectivity index (χ0v) is 7.53. The molecule has 3 nitrogen and oxygen atoms in total. The van der Waals surface area contributed by atoms with Crippen molar-refractivity contribution in [2.75, 3.05) is 0 Å². The number of allylic oxidation sites excluding steroid dienone is 1. The maximum Gasteiger partial charge on any atom is 0.318 e. The first kappa shape index (κ1) is 8.48. The average Bonchev–Trinajstić information content (AvgIpc) is 2.54. The molecule has 0 bridgehead atoms. The first-order valence-corrected chi connectivity index (χ1v) is 4.53. The van der Waals surface area contributed by atoms with Gasteiger partial charge in [0.05, 0.1) is 11.8 Å². The van der Waals surface area contributed by atoms with Crippen LogP contribution in [0.1, 0.15) is 13.3 Å². The van der Waals surface area contributed by atoms with Crippen LogP contribution in [-0.2, 0) is 14.3 Å². The second-order valence-electron chi connectivity index (χ2n) is 3.90. The molecule has 1 aliphatic carbocycles. The van der Waals surface area contributed by atoms with Gasteiger partial charge in [0.2, 0.25) is 0 Å². The monoisotopic (exact) mass is 180 g/mol. The lowest BCUT2D eigenvalue weighted by Gasteiger charge is -2.07. The molecule has 0 radical (unpaired) electrons. The third-order valence-corrected chi connectivity index (χ3v) is 3.15. The fourth-order valence-electron chi connectivity index (χ4n) is 2.52. The van der Waals surface area contributed by atoms with Gasteiger partial charge >= 0.3 is 11.9 Å². The van der Waals surface area contributed by atoms with Crippen LogP contribution in [0.25, 0.3) is 0 Å². The van der Waals surface area contributed by atoms with Gasteiger partial charge in [0.25, 0.3) is 0 Å². The number of ether oxygens (including phenoxy) is 1. The van der Waals surface area contributed by atoms with E-state index in [-0.39, 0.29) is 35.6 Å². The molecule has 0 spiro atoms. The topological polar surface area (TPSA) is 43.4 Å². The van der Waals surface area contributed by atoms with Crippen LogP contribution in [0.15, 0.2) is 12.7 Å². The summed E-state index contributed by atoms with van der Waals surface area (Å²) in [4.78, 5) is 22.6. The Morgan fingerprint density at radius 2 is 2.00 bits per heavy atom. The highest BCUT2D eigenvalue weighted by molar-refractivity contribution is 5.97. The SMILES string of the molecule is C=CC1CC(C)C2C(=O)OC(=O)C12. The van der Waals surface area contributed by atoms with E-state index in [9.17, 15) is 9.59 Å². The number of hydrogen-bond donors (Lipinski definition) is 0. The maximum atomic E-state index is 11.3. The standard InChI is InChI=1S/C10H12O3/c1-3-6-4-5(2)7-8(6)10(12)13-9(7)11/h3,5-8H,1,4H2,2H3. The van der Waals surface area contributed by atoms with Crippen LogP contribution in [0.4, 0.5) is 0 Å². The summed E-state index contributed by atoms with van der Waals surface area (Å²) < 4.78 is 4.61. The molecule has 1 aliphatic heterocycles. The molecular weight excluding hydrogens is 168 g/mol. The van der Waals surface area contributed by atoms with Crippen molar-refractivity contribution in [3.05, 3.63) is 12.7 Å². The van der Waals surface area contributed by atoms with E-state index >= 15 is 0 Å². The fraction of sp³-hybridized carbons (Fsp3) is 0.600. The molecule has 2 aliphatic rings. The number of esters is 2. The van der Waals surface area contributed by atoms with Crippen molar-refractivity contribution in [1.29, 1.82) is 0 Å². The smallest absolute Gasteiger partial charge is 0.318 e. The van der Waals surface area contributed by atoms with Gasteiger partial charge in [0, 0.05) is 0 Å². The summed E-state index contributed by atoms with van der Waals surface area (Å²) in [5.41, 5.74) is 0. The van der Waals surface area contributed by atoms with E-state index in [4.69, 9.17) is 0 Å². The van der Waals surface area contributed by atoms with E-state index in [0.29, 0.717) is 0 Å². The summed E-state index contributed by atoms with van der Waals surface area (Å²) in [6.45, 7) is 5.67. The molecule has 0 aromatic rings. The minimum atomic E-state index is -0.357. The minimum absolute atomic E-state index is 0.124. The Bertz CT molecular complexity index is 282. The molecule has 0 aromatic carbocycles. The first-order valence-electron chi connectivity index (χ1n) is 4.53. The van der Waals surface area contributed by atoms with Crippen LogP contribution in [0, 0.1) is 23.7 Å². The Labute approximate surface area is 76.8 Å². The van der Waals surface area contributed by atoms with E-state index in [2.05, 4.69) is 11.3 Å². The van der Waals surface area contributed by atoms with Gasteiger partial charge < -0.3 is 4.74 Å². The average molecular weight is 180 g/mol. The Hall–Kier alpha value is -1.12. The Balaban J connectivity index is 2.33. The molecule has 1 saturated carbocycles. The molecule has 70 valence electrons. The first-order chi connectivity index (χ1) is 6.15. The predicted octanol–water partition coefficient (Wildman–Crippen LogP) is 1.14. The lowest BCUT2D eigenvalue weighted by atomic mass is 9.90. The van der Waals surface area contributed by atoms with Crippen LogP contribution >= 0.6 is 0 Å². The van der Waals surface area contributed by atoms with Gasteiger partial charge in [-0.2, -0.15) is 0 Å². The normalized spacial score (nSPS) is 43.2. The van der Waals surface area contributed by atoms with Crippen molar-refractivity contribution in [3.8, 4) is 0 Å². The van der Waals surface area contributed by atoms with Crippen molar-refractivity contribution in [3.63, 3.8) is 0 Å². The summed E-state index contributed by atoms with van der Waals surface area (Å²) in [6, 6.07) is 0. The zero-order valence-electron chi connectivity index (χ0n) is 7.53. The predicted molar refractivity (Wildman–Crippen MR) is 45.5 cm³/mol. The van der Waals surface area contributed by atoms with E-state index in [1.165, 1.54) is 0 Å². The fourth-order valence-corrected chi connectivity index (χ4v) is 2.52. The summed E-state index contributed by atoms with van der Waals surface area (Å²) in [5.74, 6) is -0.794. The Morgan fingerprint density at radius 3 is 2.62 bits per heavy atom. The van der Waals surface area contributed by atoms with Gasteiger partial charge in [-0.3, -0.25) is 9.59 Å². The zero-order chi connectivity index (χ0) is 9.59. The number of rotatable bonds is 1. The van der Waals surface area contributed by atoms with Gasteiger partial charge in [-0.15, -0.1) is 6.58 Å². The molecule has 3 heteroatoms. The molecule has 1 saturated heterocycles. The Morgan fingerprint density at radius 1 is 1.38 bits per heavy atom. The van der Waals surface area contributed by atoms with Crippen LogP contribution in [-0.4, -0.2) is 11.9 Å². The largest absolute Gasteiger partial charge is 0.393 e. The van der Waals surface area contributed by atoms with Gasteiger partial charge in [-0.05, 0) is 18.3 Å². The van der Waals surface area contributed by atoms with Crippen LogP contribution in [0.3, 0.4) is 0 Å². The van der Waals surface area contributed by atoms with Crippen molar-refractivity contribution < 1.29 is 14.3 Å².